The molecule has 0 saturated carbocycles. The van der Waals surface area contributed by atoms with Gasteiger partial charge in [-0.25, -0.2) is 4.79 Å². The van der Waals surface area contributed by atoms with Gasteiger partial charge < -0.3 is 24.5 Å². The van der Waals surface area contributed by atoms with E-state index in [2.05, 4.69) is 40.3 Å². The molecule has 2 heterocycles. The van der Waals surface area contributed by atoms with Crippen LogP contribution in [0.15, 0.2) is 54.7 Å². The second-order valence-corrected chi connectivity index (χ2v) is 7.82. The standard InChI is InChI=1S/C24H28N2O4/c1-29-24(28)20-7-3-5-9-23(20)30-16-18(27)15-26-12-10-17(11-13-26)21-14-25-22-8-4-2-6-19(21)22/h2-9,14,17-18,25,27H,10-13,15-16H2,1H3. The van der Waals surface area contributed by atoms with E-state index in [-0.39, 0.29) is 6.61 Å². The number of nitrogens with one attached hydrogen (secondary N) is 1. The maximum absolute atomic E-state index is 11.8. The molecule has 0 bridgehead atoms. The molecule has 0 radical (unpaired) electrons. The van der Waals surface area contributed by atoms with Crippen molar-refractivity contribution in [2.75, 3.05) is 33.4 Å². The number of aliphatic hydroxyl groups excluding tert-OH is 1. The van der Waals surface area contributed by atoms with Gasteiger partial charge >= 0.3 is 5.97 Å². The van der Waals surface area contributed by atoms with Crippen molar-refractivity contribution in [2.45, 2.75) is 24.9 Å². The summed E-state index contributed by atoms with van der Waals surface area (Å²) in [6.07, 6.45) is 3.66. The maximum atomic E-state index is 11.8. The molecule has 4 rings (SSSR count). The number of aromatic amines is 1. The van der Waals surface area contributed by atoms with E-state index in [1.165, 1.54) is 23.6 Å². The molecule has 30 heavy (non-hydrogen) atoms. The highest BCUT2D eigenvalue weighted by Crippen LogP contribution is 2.33. The van der Waals surface area contributed by atoms with Crippen molar-refractivity contribution in [1.82, 2.24) is 9.88 Å². The van der Waals surface area contributed by atoms with E-state index in [0.717, 1.165) is 25.9 Å². The van der Waals surface area contributed by atoms with E-state index in [4.69, 9.17) is 9.47 Å². The van der Waals surface area contributed by atoms with Gasteiger partial charge in [-0.3, -0.25) is 0 Å². The number of para-hydroxylation sites is 2. The van der Waals surface area contributed by atoms with Crippen LogP contribution in [0.3, 0.4) is 0 Å². The fraction of sp³-hybridized carbons (Fsp3) is 0.375. The topological polar surface area (TPSA) is 74.8 Å². The van der Waals surface area contributed by atoms with Crippen LogP contribution in [0, 0.1) is 0 Å². The number of rotatable bonds is 7. The number of hydrogen-bond acceptors (Lipinski definition) is 5. The van der Waals surface area contributed by atoms with E-state index in [1.807, 2.05) is 0 Å². The summed E-state index contributed by atoms with van der Waals surface area (Å²) in [5.41, 5.74) is 2.95. The number of aromatic nitrogens is 1. The summed E-state index contributed by atoms with van der Waals surface area (Å²) in [6.45, 7) is 2.58. The molecule has 2 aromatic carbocycles. The molecule has 1 saturated heterocycles. The summed E-state index contributed by atoms with van der Waals surface area (Å²) in [5, 5.41) is 11.8. The first-order chi connectivity index (χ1) is 14.7. The van der Waals surface area contributed by atoms with Crippen molar-refractivity contribution >= 4 is 16.9 Å². The predicted molar refractivity (Wildman–Crippen MR) is 116 cm³/mol. The molecule has 6 heteroatoms. The molecule has 0 aliphatic carbocycles. The summed E-state index contributed by atoms with van der Waals surface area (Å²) < 4.78 is 10.5. The van der Waals surface area contributed by atoms with Crippen molar-refractivity contribution in [3.8, 4) is 5.75 Å². The van der Waals surface area contributed by atoms with Gasteiger partial charge in [0.25, 0.3) is 0 Å². The van der Waals surface area contributed by atoms with Crippen LogP contribution in [-0.4, -0.2) is 60.4 Å². The smallest absolute Gasteiger partial charge is 0.341 e. The molecule has 1 aliphatic heterocycles. The zero-order chi connectivity index (χ0) is 20.9. The van der Waals surface area contributed by atoms with Gasteiger partial charge in [0.05, 0.1) is 7.11 Å². The largest absolute Gasteiger partial charge is 0.490 e. The number of ether oxygens (including phenoxy) is 2. The van der Waals surface area contributed by atoms with Gasteiger partial charge in [0.1, 0.15) is 24.0 Å². The number of carbonyl (C=O) groups is 1. The summed E-state index contributed by atoms with van der Waals surface area (Å²) in [5.74, 6) is 0.526. The Morgan fingerprint density at radius 1 is 1.17 bits per heavy atom. The molecule has 2 N–H and O–H groups in total. The van der Waals surface area contributed by atoms with Crippen LogP contribution in [0.2, 0.25) is 0 Å². The maximum Gasteiger partial charge on any atom is 0.341 e. The number of H-pyrrole nitrogens is 1. The predicted octanol–water partition coefficient (Wildman–Crippen LogP) is 3.57. The summed E-state index contributed by atoms with van der Waals surface area (Å²) in [7, 11) is 1.34. The molecule has 1 fully saturated rings. The third kappa shape index (κ3) is 4.50. The molecular formula is C24H28N2O4. The molecule has 0 amide bonds. The Bertz CT molecular complexity index is 992. The fourth-order valence-electron chi connectivity index (χ4n) is 4.27. The number of piperidine rings is 1. The van der Waals surface area contributed by atoms with Crippen molar-refractivity contribution in [3.63, 3.8) is 0 Å². The zero-order valence-electron chi connectivity index (χ0n) is 17.2. The highest BCUT2D eigenvalue weighted by molar-refractivity contribution is 5.92. The Morgan fingerprint density at radius 2 is 1.90 bits per heavy atom. The number of methoxy groups -OCH3 is 1. The second-order valence-electron chi connectivity index (χ2n) is 7.82. The molecule has 1 atom stereocenters. The minimum absolute atomic E-state index is 0.135. The number of β-amino-alcohol motifs (C(OH)–C–C–N with tert-alkyl or cyclic N) is 1. The van der Waals surface area contributed by atoms with E-state index in [0.29, 0.717) is 23.8 Å². The van der Waals surface area contributed by atoms with Gasteiger partial charge in [-0.1, -0.05) is 30.3 Å². The fourth-order valence-corrected chi connectivity index (χ4v) is 4.27. The number of likely N-dealkylation sites (tertiary alicyclic amines) is 1. The SMILES string of the molecule is COC(=O)c1ccccc1OCC(O)CN1CCC(c2c[nH]c3ccccc23)CC1. The molecule has 1 aliphatic rings. The van der Waals surface area contributed by atoms with Crippen molar-refractivity contribution in [2.24, 2.45) is 0 Å². The van der Waals surface area contributed by atoms with Crippen molar-refractivity contribution in [1.29, 1.82) is 0 Å². The average Bonchev–Trinajstić information content (AvgIpc) is 3.22. The molecule has 1 aromatic heterocycles. The summed E-state index contributed by atoms with van der Waals surface area (Å²) >= 11 is 0. The number of benzene rings is 2. The Kier molecular flexibility index (Phi) is 6.35. The number of nitrogens with zero attached hydrogens (tertiary/aromatic N) is 1. The minimum atomic E-state index is -0.625. The molecule has 1 unspecified atom stereocenters. The number of hydrogen-bond donors (Lipinski definition) is 2. The van der Waals surface area contributed by atoms with Crippen LogP contribution in [0.4, 0.5) is 0 Å². The summed E-state index contributed by atoms with van der Waals surface area (Å²) in [4.78, 5) is 17.5. The first kappa shape index (κ1) is 20.4. The van der Waals surface area contributed by atoms with Crippen LogP contribution >= 0.6 is 0 Å². The van der Waals surface area contributed by atoms with Crippen LogP contribution in [0.25, 0.3) is 10.9 Å². The monoisotopic (exact) mass is 408 g/mol. The zero-order valence-corrected chi connectivity index (χ0v) is 17.2. The number of fused-ring (bicyclic) bond motifs is 1. The average molecular weight is 408 g/mol. The quantitative estimate of drug-likeness (QED) is 0.585. The lowest BCUT2D eigenvalue weighted by atomic mass is 9.89. The Morgan fingerprint density at radius 3 is 2.70 bits per heavy atom. The van der Waals surface area contributed by atoms with E-state index < -0.39 is 12.1 Å². The lowest BCUT2D eigenvalue weighted by molar-refractivity contribution is 0.0540. The second kappa shape index (κ2) is 9.32. The molecular weight excluding hydrogens is 380 g/mol. The van der Waals surface area contributed by atoms with E-state index in [1.54, 1.807) is 24.3 Å². The first-order valence-corrected chi connectivity index (χ1v) is 10.4. The van der Waals surface area contributed by atoms with Crippen molar-refractivity contribution in [3.05, 3.63) is 65.9 Å². The number of esters is 1. The molecule has 158 valence electrons. The van der Waals surface area contributed by atoms with Gasteiger partial charge in [-0.15, -0.1) is 0 Å². The van der Waals surface area contributed by atoms with Gasteiger partial charge in [-0.05, 0) is 55.6 Å². The van der Waals surface area contributed by atoms with Crippen LogP contribution < -0.4 is 4.74 Å². The van der Waals surface area contributed by atoms with Gasteiger partial charge in [0, 0.05) is 23.6 Å². The van der Waals surface area contributed by atoms with Gasteiger partial charge in [0.2, 0.25) is 0 Å². The first-order valence-electron chi connectivity index (χ1n) is 10.4. The van der Waals surface area contributed by atoms with Crippen molar-refractivity contribution < 1.29 is 19.4 Å². The molecule has 0 spiro atoms. The van der Waals surface area contributed by atoms with Gasteiger partial charge in [0.15, 0.2) is 0 Å². The Labute approximate surface area is 176 Å². The highest BCUT2D eigenvalue weighted by Gasteiger charge is 2.24. The summed E-state index contributed by atoms with van der Waals surface area (Å²) in [6, 6.07) is 15.4. The molecule has 6 nitrogen and oxygen atoms in total. The van der Waals surface area contributed by atoms with E-state index in [9.17, 15) is 9.90 Å². The molecule has 3 aromatic rings. The van der Waals surface area contributed by atoms with Crippen LogP contribution in [0.5, 0.6) is 5.75 Å². The number of aliphatic hydroxyl groups is 1. The Hall–Kier alpha value is -2.83. The van der Waals surface area contributed by atoms with Crippen LogP contribution in [0.1, 0.15) is 34.7 Å². The van der Waals surface area contributed by atoms with Crippen LogP contribution in [-0.2, 0) is 4.74 Å². The number of carbonyl (C=O) groups excluding carboxylic acids is 1. The minimum Gasteiger partial charge on any atom is -0.490 e. The Balaban J connectivity index is 1.28. The lowest BCUT2D eigenvalue weighted by Gasteiger charge is -2.33. The normalized spacial score (nSPS) is 16.5. The highest BCUT2D eigenvalue weighted by atomic mass is 16.5. The lowest BCUT2D eigenvalue weighted by Crippen LogP contribution is -2.40. The third-order valence-corrected chi connectivity index (χ3v) is 5.84. The third-order valence-electron chi connectivity index (χ3n) is 5.84. The van der Waals surface area contributed by atoms with Gasteiger partial charge in [-0.2, -0.15) is 0 Å². The van der Waals surface area contributed by atoms with E-state index >= 15 is 0 Å².